The van der Waals surface area contributed by atoms with Gasteiger partial charge in [0.25, 0.3) is 11.5 Å². The smallest absolute Gasteiger partial charge is 0.335 e. The van der Waals surface area contributed by atoms with Crippen LogP contribution < -0.4 is 21.4 Å². The van der Waals surface area contributed by atoms with E-state index in [2.05, 4.69) is 0 Å². The fourth-order valence-electron chi connectivity index (χ4n) is 3.19. The third-order valence-corrected chi connectivity index (χ3v) is 6.57. The molecule has 0 aliphatic rings. The summed E-state index contributed by atoms with van der Waals surface area (Å²) >= 11 is 0. The van der Waals surface area contributed by atoms with Crippen LogP contribution in [0.3, 0.4) is 0 Å². The highest BCUT2D eigenvalue weighted by Gasteiger charge is 2.37. The van der Waals surface area contributed by atoms with Crippen molar-refractivity contribution < 1.29 is 30.8 Å². The number of nitriles is 1. The Kier molecular flexibility index (Phi) is 6.76. The molecule has 0 radical (unpaired) electrons. The Morgan fingerprint density at radius 1 is 1.14 bits per heavy atom. The number of nitrogens with two attached hydrogens (primary N) is 1. The van der Waals surface area contributed by atoms with Gasteiger partial charge in [0.05, 0.1) is 22.7 Å². The molecule has 0 bridgehead atoms. The molecule has 188 valence electrons. The van der Waals surface area contributed by atoms with Crippen molar-refractivity contribution in [2.45, 2.75) is 13.1 Å². The predicted molar refractivity (Wildman–Crippen MR) is 119 cm³/mol. The van der Waals surface area contributed by atoms with Crippen molar-refractivity contribution in [2.75, 3.05) is 15.9 Å². The van der Waals surface area contributed by atoms with Crippen LogP contribution in [0.1, 0.15) is 28.5 Å². The number of hydrogen-bond acceptors (Lipinski definition) is 7. The van der Waals surface area contributed by atoms with E-state index in [1.165, 1.54) is 37.3 Å². The molecule has 15 heteroatoms. The lowest BCUT2D eigenvalue weighted by Crippen LogP contribution is -2.45. The van der Waals surface area contributed by atoms with Crippen LogP contribution in [0.15, 0.2) is 58.1 Å². The quantitative estimate of drug-likeness (QED) is 0.394. The number of hydrogen-bond donors (Lipinski definition) is 1. The van der Waals surface area contributed by atoms with Gasteiger partial charge in [0.15, 0.2) is 5.69 Å². The monoisotopic (exact) mass is 525 g/mol. The molecule has 2 N–H and O–H groups in total. The van der Waals surface area contributed by atoms with Crippen molar-refractivity contribution in [3.63, 3.8) is 0 Å². The van der Waals surface area contributed by atoms with Gasteiger partial charge in [-0.1, -0.05) is 18.2 Å². The van der Waals surface area contributed by atoms with Crippen molar-refractivity contribution in [1.82, 2.24) is 9.24 Å². The Hall–Kier alpha value is -4.45. The third-order valence-electron chi connectivity index (χ3n) is 4.92. The number of sulfonamides is 1. The zero-order valence-electron chi connectivity index (χ0n) is 18.2. The Morgan fingerprint density at radius 3 is 2.28 bits per heavy atom. The number of benzene rings is 2. The summed E-state index contributed by atoms with van der Waals surface area (Å²) in [4.78, 5) is 38.1. The first kappa shape index (κ1) is 26.2. The molecule has 3 rings (SSSR count). The number of amides is 1. The number of carbonyl (C=O) groups is 1. The standard InChI is InChI=1S/C21H15F4N5O5S/c1-2-36(34,35)30(19(32)12-6-4-3-5-7-12)15-9-16(14(22)8-13(15)11-26)28-18(31)10-17(21(23,24)25)29(27)20(28)33/h3-10H,2,27H2,1H3. The van der Waals surface area contributed by atoms with E-state index in [9.17, 15) is 45.6 Å². The van der Waals surface area contributed by atoms with Crippen molar-refractivity contribution in [3.05, 3.63) is 92.0 Å². The van der Waals surface area contributed by atoms with Gasteiger partial charge in [-0.25, -0.2) is 31.2 Å². The average Bonchev–Trinajstić information content (AvgIpc) is 2.82. The Labute approximate surface area is 200 Å². The SMILES string of the molecule is CCS(=O)(=O)N(C(=O)c1ccccc1)c1cc(-n2c(=O)cc(C(F)(F)F)n(N)c2=O)c(F)cc1C#N. The fourth-order valence-corrected chi connectivity index (χ4v) is 4.26. The maximum Gasteiger partial charge on any atom is 0.433 e. The molecule has 1 amide bonds. The van der Waals surface area contributed by atoms with E-state index in [4.69, 9.17) is 5.84 Å². The minimum atomic E-state index is -5.20. The molecule has 0 atom stereocenters. The van der Waals surface area contributed by atoms with Crippen LogP contribution in [-0.2, 0) is 16.2 Å². The fraction of sp³-hybridized carbons (Fsp3) is 0.143. The highest BCUT2D eigenvalue weighted by atomic mass is 32.2. The van der Waals surface area contributed by atoms with Gasteiger partial charge in [-0.3, -0.25) is 9.59 Å². The first-order valence-electron chi connectivity index (χ1n) is 9.82. The third kappa shape index (κ3) is 4.58. The Balaban J connectivity index is 2.39. The summed E-state index contributed by atoms with van der Waals surface area (Å²) < 4.78 is 79.7. The molecule has 0 fully saturated rings. The van der Waals surface area contributed by atoms with E-state index in [-0.39, 0.29) is 20.5 Å². The summed E-state index contributed by atoms with van der Waals surface area (Å²) in [6.45, 7) is 1.19. The Bertz CT molecular complexity index is 1620. The van der Waals surface area contributed by atoms with E-state index in [0.717, 1.165) is 0 Å². The van der Waals surface area contributed by atoms with Crippen LogP contribution in [0.4, 0.5) is 23.2 Å². The molecule has 10 nitrogen and oxygen atoms in total. The summed E-state index contributed by atoms with van der Waals surface area (Å²) in [6.07, 6.45) is -5.20. The van der Waals surface area contributed by atoms with Gasteiger partial charge >= 0.3 is 11.9 Å². The van der Waals surface area contributed by atoms with E-state index in [1.807, 2.05) is 0 Å². The minimum Gasteiger partial charge on any atom is -0.335 e. The van der Waals surface area contributed by atoms with Crippen LogP contribution in [-0.4, -0.2) is 29.3 Å². The summed E-state index contributed by atoms with van der Waals surface area (Å²) in [7, 11) is -4.49. The van der Waals surface area contributed by atoms with Crippen LogP contribution in [0, 0.1) is 17.1 Å². The highest BCUT2D eigenvalue weighted by Crippen LogP contribution is 2.30. The maximum absolute atomic E-state index is 14.9. The first-order chi connectivity index (χ1) is 16.7. The average molecular weight is 525 g/mol. The summed E-state index contributed by atoms with van der Waals surface area (Å²) in [5, 5.41) is 9.49. The number of nitrogen functional groups attached to an aromatic ring is 1. The lowest BCUT2D eigenvalue weighted by atomic mass is 10.1. The second kappa shape index (κ2) is 9.30. The largest absolute Gasteiger partial charge is 0.433 e. The van der Waals surface area contributed by atoms with Crippen molar-refractivity contribution >= 4 is 21.6 Å². The van der Waals surface area contributed by atoms with Gasteiger partial charge in [0, 0.05) is 11.6 Å². The molecule has 1 heterocycles. The number of aromatic nitrogens is 2. The zero-order chi connectivity index (χ0) is 27.0. The molecule has 2 aromatic carbocycles. The lowest BCUT2D eigenvalue weighted by Gasteiger charge is -2.24. The number of anilines is 1. The van der Waals surface area contributed by atoms with Crippen LogP contribution in [0.5, 0.6) is 0 Å². The van der Waals surface area contributed by atoms with E-state index in [0.29, 0.717) is 12.1 Å². The van der Waals surface area contributed by atoms with Gasteiger partial charge < -0.3 is 5.84 Å². The predicted octanol–water partition coefficient (Wildman–Crippen LogP) is 1.74. The zero-order valence-corrected chi connectivity index (χ0v) is 19.0. The molecule has 3 aromatic rings. The minimum absolute atomic E-state index is 0.0611. The molecule has 0 unspecified atom stereocenters. The van der Waals surface area contributed by atoms with Gasteiger partial charge in [-0.15, -0.1) is 0 Å². The number of carbonyl (C=O) groups excluding carboxylic acids is 1. The van der Waals surface area contributed by atoms with Gasteiger partial charge in [-0.05, 0) is 31.2 Å². The van der Waals surface area contributed by atoms with Crippen molar-refractivity contribution in [3.8, 4) is 11.8 Å². The van der Waals surface area contributed by atoms with Crippen LogP contribution in [0.25, 0.3) is 5.69 Å². The lowest BCUT2D eigenvalue weighted by molar-refractivity contribution is -0.143. The summed E-state index contributed by atoms with van der Waals surface area (Å²) in [5.74, 6) is 1.93. The molecular formula is C21H15F4N5O5S. The number of halogens is 4. The summed E-state index contributed by atoms with van der Waals surface area (Å²) in [6, 6.07) is 9.36. The molecule has 0 spiro atoms. The van der Waals surface area contributed by atoms with Crippen LogP contribution >= 0.6 is 0 Å². The molecule has 0 aliphatic heterocycles. The van der Waals surface area contributed by atoms with Gasteiger partial charge in [0.2, 0.25) is 10.0 Å². The number of alkyl halides is 3. The van der Waals surface area contributed by atoms with E-state index in [1.54, 1.807) is 6.07 Å². The van der Waals surface area contributed by atoms with E-state index < -0.39 is 72.2 Å². The molecule has 0 saturated heterocycles. The maximum atomic E-state index is 14.9. The van der Waals surface area contributed by atoms with Crippen LogP contribution in [0.2, 0.25) is 0 Å². The van der Waals surface area contributed by atoms with Crippen molar-refractivity contribution in [2.24, 2.45) is 0 Å². The number of rotatable bonds is 5. The second-order valence-corrected chi connectivity index (χ2v) is 9.23. The molecule has 0 aliphatic carbocycles. The molecule has 36 heavy (non-hydrogen) atoms. The van der Waals surface area contributed by atoms with E-state index >= 15 is 0 Å². The second-order valence-electron chi connectivity index (χ2n) is 7.12. The summed E-state index contributed by atoms with van der Waals surface area (Å²) in [5.41, 5.74) is -7.88. The Morgan fingerprint density at radius 2 is 1.75 bits per heavy atom. The van der Waals surface area contributed by atoms with Gasteiger partial charge in [0.1, 0.15) is 11.9 Å². The van der Waals surface area contributed by atoms with Crippen molar-refractivity contribution in [1.29, 1.82) is 5.26 Å². The first-order valence-corrected chi connectivity index (χ1v) is 11.4. The topological polar surface area (TPSA) is 148 Å². The normalized spacial score (nSPS) is 11.7. The molecular weight excluding hydrogens is 510 g/mol. The molecule has 1 aromatic heterocycles. The highest BCUT2D eigenvalue weighted by molar-refractivity contribution is 7.93. The number of nitrogens with zero attached hydrogens (tertiary/aromatic N) is 4. The van der Waals surface area contributed by atoms with Gasteiger partial charge in [-0.2, -0.15) is 18.4 Å². The molecule has 0 saturated carbocycles.